The molecule has 0 saturated carbocycles. The molecule has 17 heavy (non-hydrogen) atoms. The van der Waals surface area contributed by atoms with Crippen molar-refractivity contribution in [1.29, 1.82) is 0 Å². The highest BCUT2D eigenvalue weighted by Gasteiger charge is 2.16. The Morgan fingerprint density at radius 3 is 2.65 bits per heavy atom. The molecule has 3 nitrogen and oxygen atoms in total. The lowest BCUT2D eigenvalue weighted by atomic mass is 10.0. The van der Waals surface area contributed by atoms with E-state index in [0.717, 1.165) is 12.8 Å². The van der Waals surface area contributed by atoms with Gasteiger partial charge in [0.15, 0.2) is 17.5 Å². The molecule has 0 atom stereocenters. The van der Waals surface area contributed by atoms with Gasteiger partial charge in [-0.2, -0.15) is 9.37 Å². The predicted molar refractivity (Wildman–Crippen MR) is 56.1 cm³/mol. The highest BCUT2D eigenvalue weighted by atomic mass is 19.2. The van der Waals surface area contributed by atoms with Crippen LogP contribution in [0.4, 0.5) is 19.0 Å². The standard InChI is InChI=1S/C11H13F3N2O/c12-8-5-9(13)11(16-10(8)14)15-6-7-1-3-17-4-2-7/h5,7H,1-4,6H2,(H,15,16). The lowest BCUT2D eigenvalue weighted by molar-refractivity contribution is 0.0699. The van der Waals surface area contributed by atoms with Gasteiger partial charge in [0.25, 0.3) is 5.95 Å². The molecule has 0 aliphatic carbocycles. The second-order valence-corrected chi connectivity index (χ2v) is 4.03. The van der Waals surface area contributed by atoms with Crippen molar-refractivity contribution in [3.8, 4) is 0 Å². The molecule has 1 fully saturated rings. The number of nitrogens with one attached hydrogen (secondary N) is 1. The van der Waals surface area contributed by atoms with E-state index in [0.29, 0.717) is 31.7 Å². The number of ether oxygens (including phenoxy) is 1. The summed E-state index contributed by atoms with van der Waals surface area (Å²) < 4.78 is 43.9. The predicted octanol–water partition coefficient (Wildman–Crippen LogP) is 2.34. The number of halogens is 3. The van der Waals surface area contributed by atoms with E-state index in [-0.39, 0.29) is 5.82 Å². The molecule has 2 rings (SSSR count). The minimum Gasteiger partial charge on any atom is -0.381 e. The molecule has 1 aromatic heterocycles. The van der Waals surface area contributed by atoms with E-state index in [1.807, 2.05) is 0 Å². The monoisotopic (exact) mass is 246 g/mol. The fourth-order valence-corrected chi connectivity index (χ4v) is 1.76. The van der Waals surface area contributed by atoms with Crippen molar-refractivity contribution < 1.29 is 17.9 Å². The molecule has 2 heterocycles. The van der Waals surface area contributed by atoms with Crippen molar-refractivity contribution >= 4 is 5.82 Å². The molecular formula is C11H13F3N2O. The van der Waals surface area contributed by atoms with Gasteiger partial charge in [-0.1, -0.05) is 0 Å². The molecule has 1 aliphatic heterocycles. The Kier molecular flexibility index (Phi) is 3.83. The normalized spacial score (nSPS) is 17.1. The van der Waals surface area contributed by atoms with E-state index in [4.69, 9.17) is 4.74 Å². The lowest BCUT2D eigenvalue weighted by Gasteiger charge is -2.22. The van der Waals surface area contributed by atoms with Crippen LogP contribution in [-0.2, 0) is 4.74 Å². The Bertz CT molecular complexity index is 395. The van der Waals surface area contributed by atoms with E-state index in [2.05, 4.69) is 10.3 Å². The van der Waals surface area contributed by atoms with Crippen LogP contribution in [0.15, 0.2) is 6.07 Å². The number of anilines is 1. The van der Waals surface area contributed by atoms with Crippen molar-refractivity contribution in [2.45, 2.75) is 12.8 Å². The molecule has 1 aliphatic rings. The molecule has 1 aromatic rings. The smallest absolute Gasteiger partial charge is 0.251 e. The number of hydrogen-bond acceptors (Lipinski definition) is 3. The summed E-state index contributed by atoms with van der Waals surface area (Å²) in [7, 11) is 0. The average Bonchev–Trinajstić information content (AvgIpc) is 2.33. The summed E-state index contributed by atoms with van der Waals surface area (Å²) in [4.78, 5) is 3.20. The summed E-state index contributed by atoms with van der Waals surface area (Å²) in [5, 5.41) is 2.70. The zero-order chi connectivity index (χ0) is 12.3. The van der Waals surface area contributed by atoms with Gasteiger partial charge in [0.1, 0.15) is 0 Å². The van der Waals surface area contributed by atoms with Crippen LogP contribution in [-0.4, -0.2) is 24.7 Å². The van der Waals surface area contributed by atoms with E-state index in [1.165, 1.54) is 0 Å². The summed E-state index contributed by atoms with van der Waals surface area (Å²) in [6, 6.07) is 0.495. The molecule has 0 amide bonds. The first-order valence-electron chi connectivity index (χ1n) is 5.50. The molecular weight excluding hydrogens is 233 g/mol. The van der Waals surface area contributed by atoms with Crippen LogP contribution in [0, 0.1) is 23.5 Å². The van der Waals surface area contributed by atoms with E-state index in [1.54, 1.807) is 0 Å². The van der Waals surface area contributed by atoms with Crippen LogP contribution < -0.4 is 5.32 Å². The van der Waals surface area contributed by atoms with Gasteiger partial charge in [0, 0.05) is 25.8 Å². The first kappa shape index (κ1) is 12.2. The van der Waals surface area contributed by atoms with Crippen molar-refractivity contribution in [2.24, 2.45) is 5.92 Å². The van der Waals surface area contributed by atoms with Crippen molar-refractivity contribution in [3.63, 3.8) is 0 Å². The molecule has 0 spiro atoms. The largest absolute Gasteiger partial charge is 0.381 e. The number of aromatic nitrogens is 1. The van der Waals surface area contributed by atoms with Gasteiger partial charge < -0.3 is 10.1 Å². The van der Waals surface area contributed by atoms with Gasteiger partial charge >= 0.3 is 0 Å². The van der Waals surface area contributed by atoms with Gasteiger partial charge in [-0.25, -0.2) is 8.78 Å². The highest BCUT2D eigenvalue weighted by Crippen LogP contribution is 2.18. The van der Waals surface area contributed by atoms with E-state index < -0.39 is 17.6 Å². The summed E-state index contributed by atoms with van der Waals surface area (Å²) in [5.74, 6) is -3.34. The maximum atomic E-state index is 13.2. The first-order chi connectivity index (χ1) is 8.16. The van der Waals surface area contributed by atoms with Gasteiger partial charge in [-0.3, -0.25) is 0 Å². The average molecular weight is 246 g/mol. The number of pyridine rings is 1. The molecule has 1 saturated heterocycles. The molecule has 0 unspecified atom stereocenters. The Morgan fingerprint density at radius 2 is 1.94 bits per heavy atom. The molecule has 0 radical (unpaired) electrons. The fourth-order valence-electron chi connectivity index (χ4n) is 1.76. The first-order valence-corrected chi connectivity index (χ1v) is 5.50. The third-order valence-corrected chi connectivity index (χ3v) is 2.79. The van der Waals surface area contributed by atoms with Crippen LogP contribution >= 0.6 is 0 Å². The minimum atomic E-state index is -1.29. The van der Waals surface area contributed by atoms with Crippen molar-refractivity contribution in [3.05, 3.63) is 23.6 Å². The van der Waals surface area contributed by atoms with Crippen molar-refractivity contribution in [2.75, 3.05) is 25.1 Å². The second-order valence-electron chi connectivity index (χ2n) is 4.03. The highest BCUT2D eigenvalue weighted by molar-refractivity contribution is 5.36. The maximum absolute atomic E-state index is 13.2. The molecule has 1 N–H and O–H groups in total. The van der Waals surface area contributed by atoms with Crippen LogP contribution in [0.25, 0.3) is 0 Å². The Morgan fingerprint density at radius 1 is 1.24 bits per heavy atom. The zero-order valence-corrected chi connectivity index (χ0v) is 9.18. The fraction of sp³-hybridized carbons (Fsp3) is 0.545. The number of hydrogen-bond donors (Lipinski definition) is 1. The topological polar surface area (TPSA) is 34.1 Å². The van der Waals surface area contributed by atoms with Crippen LogP contribution in [0.5, 0.6) is 0 Å². The third-order valence-electron chi connectivity index (χ3n) is 2.79. The minimum absolute atomic E-state index is 0.240. The summed E-state index contributed by atoms with van der Waals surface area (Å²) in [6.07, 6.45) is 1.75. The third kappa shape index (κ3) is 3.09. The molecule has 0 aromatic carbocycles. The summed E-state index contributed by atoms with van der Waals surface area (Å²) >= 11 is 0. The van der Waals surface area contributed by atoms with E-state index in [9.17, 15) is 13.2 Å². The quantitative estimate of drug-likeness (QED) is 0.831. The van der Waals surface area contributed by atoms with Crippen LogP contribution in [0.2, 0.25) is 0 Å². The van der Waals surface area contributed by atoms with Gasteiger partial charge in [-0.15, -0.1) is 0 Å². The lowest BCUT2D eigenvalue weighted by Crippen LogP contribution is -2.23. The Labute approximate surface area is 97.0 Å². The van der Waals surface area contributed by atoms with E-state index >= 15 is 0 Å². The maximum Gasteiger partial charge on any atom is 0.251 e. The zero-order valence-electron chi connectivity index (χ0n) is 9.18. The Balaban J connectivity index is 1.96. The van der Waals surface area contributed by atoms with Crippen LogP contribution in [0.1, 0.15) is 12.8 Å². The van der Waals surface area contributed by atoms with Crippen molar-refractivity contribution in [1.82, 2.24) is 4.98 Å². The van der Waals surface area contributed by atoms with Gasteiger partial charge in [0.2, 0.25) is 0 Å². The number of rotatable bonds is 3. The number of nitrogens with zero attached hydrogens (tertiary/aromatic N) is 1. The van der Waals surface area contributed by atoms with Gasteiger partial charge in [0.05, 0.1) is 0 Å². The molecule has 0 bridgehead atoms. The van der Waals surface area contributed by atoms with Crippen LogP contribution in [0.3, 0.4) is 0 Å². The summed E-state index contributed by atoms with van der Waals surface area (Å²) in [6.45, 7) is 1.85. The SMILES string of the molecule is Fc1cc(F)c(NCC2CCOCC2)nc1F. The second kappa shape index (κ2) is 5.35. The summed E-state index contributed by atoms with van der Waals surface area (Å²) in [5.41, 5.74) is 0. The Hall–Kier alpha value is -1.30. The molecule has 6 heteroatoms. The molecule has 94 valence electrons. The van der Waals surface area contributed by atoms with Gasteiger partial charge in [-0.05, 0) is 18.8 Å².